The summed E-state index contributed by atoms with van der Waals surface area (Å²) >= 11 is 0. The summed E-state index contributed by atoms with van der Waals surface area (Å²) in [6, 6.07) is 0. The third kappa shape index (κ3) is 5.61. The molecule has 9 heteroatoms. The molecule has 3 N–H and O–H groups in total. The molecule has 1 aromatic heterocycles. The SMILES string of the molecule is Cc1nc([N+](=O)[O-])cn1CC(=O)NC(C)(CN)CC(C)C.Cl. The van der Waals surface area contributed by atoms with Gasteiger partial charge in [-0.1, -0.05) is 13.8 Å². The highest BCUT2D eigenvalue weighted by Crippen LogP contribution is 2.16. The van der Waals surface area contributed by atoms with Crippen molar-refractivity contribution < 1.29 is 9.72 Å². The fourth-order valence-corrected chi connectivity index (χ4v) is 2.36. The Balaban J connectivity index is 0.00000441. The Hall–Kier alpha value is -1.67. The van der Waals surface area contributed by atoms with E-state index >= 15 is 0 Å². The maximum atomic E-state index is 12.1. The zero-order valence-corrected chi connectivity index (χ0v) is 14.1. The second-order valence-corrected chi connectivity index (χ2v) is 5.94. The second kappa shape index (κ2) is 8.09. The van der Waals surface area contributed by atoms with E-state index in [-0.39, 0.29) is 30.7 Å². The maximum absolute atomic E-state index is 12.1. The molecule has 0 aliphatic heterocycles. The lowest BCUT2D eigenvalue weighted by atomic mass is 9.91. The molecule has 0 bridgehead atoms. The first-order valence-corrected chi connectivity index (χ1v) is 6.86. The van der Waals surface area contributed by atoms with Crippen molar-refractivity contribution in [2.24, 2.45) is 11.7 Å². The number of nitro groups is 1. The number of carbonyl (C=O) groups excluding carboxylic acids is 1. The van der Waals surface area contributed by atoms with Crippen molar-refractivity contribution in [3.8, 4) is 0 Å². The smallest absolute Gasteiger partial charge is 0.358 e. The van der Waals surface area contributed by atoms with Crippen LogP contribution in [0.15, 0.2) is 6.20 Å². The number of imidazole rings is 1. The maximum Gasteiger partial charge on any atom is 0.381 e. The summed E-state index contributed by atoms with van der Waals surface area (Å²) in [5.41, 5.74) is 5.27. The molecule has 0 spiro atoms. The Bertz CT molecular complexity index is 532. The number of carbonyl (C=O) groups is 1. The lowest BCUT2D eigenvalue weighted by Crippen LogP contribution is -2.53. The highest BCUT2D eigenvalue weighted by molar-refractivity contribution is 5.85. The number of hydrogen-bond donors (Lipinski definition) is 2. The zero-order chi connectivity index (χ0) is 16.2. The van der Waals surface area contributed by atoms with Crippen LogP contribution in [0, 0.1) is 23.0 Å². The third-order valence-corrected chi connectivity index (χ3v) is 3.21. The first-order chi connectivity index (χ1) is 9.66. The number of nitrogens with one attached hydrogen (secondary N) is 1. The van der Waals surface area contributed by atoms with Crippen molar-refractivity contribution in [2.75, 3.05) is 6.54 Å². The predicted octanol–water partition coefficient (Wildman–Crippen LogP) is 1.40. The zero-order valence-electron chi connectivity index (χ0n) is 13.3. The fraction of sp³-hybridized carbons (Fsp3) is 0.692. The summed E-state index contributed by atoms with van der Waals surface area (Å²) < 4.78 is 1.46. The lowest BCUT2D eigenvalue weighted by molar-refractivity contribution is -0.389. The number of hydrogen-bond acceptors (Lipinski definition) is 5. The first-order valence-electron chi connectivity index (χ1n) is 6.86. The van der Waals surface area contributed by atoms with Gasteiger partial charge in [-0.25, -0.2) is 0 Å². The van der Waals surface area contributed by atoms with Crippen LogP contribution < -0.4 is 11.1 Å². The Morgan fingerprint density at radius 2 is 2.18 bits per heavy atom. The van der Waals surface area contributed by atoms with Crippen molar-refractivity contribution in [2.45, 2.75) is 46.2 Å². The highest BCUT2D eigenvalue weighted by atomic mass is 35.5. The molecule has 0 aliphatic rings. The standard InChI is InChI=1S/C13H23N5O3.ClH/c1-9(2)5-13(4,8-14)16-12(19)7-17-6-11(18(20)21)15-10(17)3;/h6,9H,5,7-8,14H2,1-4H3,(H,16,19);1H. The van der Waals surface area contributed by atoms with Crippen molar-refractivity contribution >= 4 is 24.1 Å². The third-order valence-electron chi connectivity index (χ3n) is 3.21. The van der Waals surface area contributed by atoms with E-state index in [1.165, 1.54) is 10.8 Å². The van der Waals surface area contributed by atoms with E-state index in [4.69, 9.17) is 5.73 Å². The summed E-state index contributed by atoms with van der Waals surface area (Å²) in [6.45, 7) is 7.96. The molecule has 1 amide bonds. The van der Waals surface area contributed by atoms with Crippen LogP contribution in [-0.4, -0.2) is 32.5 Å². The van der Waals surface area contributed by atoms with E-state index in [1.807, 2.05) is 6.92 Å². The van der Waals surface area contributed by atoms with E-state index in [2.05, 4.69) is 24.1 Å². The minimum absolute atomic E-state index is 0. The van der Waals surface area contributed by atoms with Gasteiger partial charge >= 0.3 is 5.82 Å². The van der Waals surface area contributed by atoms with E-state index in [0.717, 1.165) is 6.42 Å². The van der Waals surface area contributed by atoms with Gasteiger partial charge in [-0.15, -0.1) is 12.4 Å². The monoisotopic (exact) mass is 333 g/mol. The van der Waals surface area contributed by atoms with Gasteiger partial charge in [0.15, 0.2) is 0 Å². The van der Waals surface area contributed by atoms with Crippen molar-refractivity contribution in [3.05, 3.63) is 22.1 Å². The Morgan fingerprint density at radius 1 is 1.59 bits per heavy atom. The minimum atomic E-state index is -0.579. The Morgan fingerprint density at radius 3 is 2.59 bits per heavy atom. The van der Waals surface area contributed by atoms with Crippen LogP contribution >= 0.6 is 12.4 Å². The van der Waals surface area contributed by atoms with Gasteiger partial charge in [0.05, 0.1) is 0 Å². The summed E-state index contributed by atoms with van der Waals surface area (Å²) in [5.74, 6) is 0.327. The molecule has 8 nitrogen and oxygen atoms in total. The molecular formula is C13H24ClN5O3. The number of aromatic nitrogens is 2. The number of nitrogens with zero attached hydrogens (tertiary/aromatic N) is 3. The Labute approximate surface area is 136 Å². The van der Waals surface area contributed by atoms with Gasteiger partial charge in [0.2, 0.25) is 11.7 Å². The summed E-state index contributed by atoms with van der Waals surface area (Å²) in [6.07, 6.45) is 2.02. The van der Waals surface area contributed by atoms with Crippen LogP contribution in [0.2, 0.25) is 0 Å². The average molecular weight is 334 g/mol. The molecule has 0 aromatic carbocycles. The largest absolute Gasteiger partial charge is 0.381 e. The number of rotatable bonds is 7. The van der Waals surface area contributed by atoms with Crippen molar-refractivity contribution in [1.29, 1.82) is 0 Å². The van der Waals surface area contributed by atoms with Crippen LogP contribution in [0.25, 0.3) is 0 Å². The van der Waals surface area contributed by atoms with Gasteiger partial charge in [0.25, 0.3) is 0 Å². The number of amides is 1. The number of nitrogens with two attached hydrogens (primary N) is 1. The Kier molecular flexibility index (Phi) is 7.48. The van der Waals surface area contributed by atoms with Crippen molar-refractivity contribution in [1.82, 2.24) is 14.9 Å². The van der Waals surface area contributed by atoms with Gasteiger partial charge in [-0.2, -0.15) is 0 Å². The van der Waals surface area contributed by atoms with Gasteiger partial charge in [-0.3, -0.25) is 9.36 Å². The summed E-state index contributed by atoms with van der Waals surface area (Å²) in [4.78, 5) is 26.0. The van der Waals surface area contributed by atoms with Crippen LogP contribution in [0.1, 0.15) is 33.0 Å². The number of halogens is 1. The lowest BCUT2D eigenvalue weighted by Gasteiger charge is -2.31. The molecule has 1 rings (SSSR count). The molecule has 0 saturated carbocycles. The normalized spacial score (nSPS) is 13.4. The van der Waals surface area contributed by atoms with Crippen LogP contribution in [0.4, 0.5) is 5.82 Å². The summed E-state index contributed by atoms with van der Waals surface area (Å²) in [7, 11) is 0. The van der Waals surface area contributed by atoms with Gasteiger partial charge in [0, 0.05) is 19.0 Å². The van der Waals surface area contributed by atoms with Gasteiger partial charge in [-0.05, 0) is 29.2 Å². The molecule has 0 fully saturated rings. The predicted molar refractivity (Wildman–Crippen MR) is 85.9 cm³/mol. The molecule has 0 radical (unpaired) electrons. The molecule has 1 unspecified atom stereocenters. The van der Waals surface area contributed by atoms with Crippen LogP contribution in [-0.2, 0) is 11.3 Å². The first kappa shape index (κ1) is 20.3. The molecule has 1 heterocycles. The molecule has 22 heavy (non-hydrogen) atoms. The molecule has 0 aliphatic carbocycles. The van der Waals surface area contributed by atoms with E-state index in [1.54, 1.807) is 6.92 Å². The molecule has 1 aromatic rings. The van der Waals surface area contributed by atoms with Gasteiger partial charge in [0.1, 0.15) is 12.7 Å². The van der Waals surface area contributed by atoms with E-state index < -0.39 is 10.5 Å². The van der Waals surface area contributed by atoms with Crippen LogP contribution in [0.3, 0.4) is 0 Å². The van der Waals surface area contributed by atoms with E-state index in [9.17, 15) is 14.9 Å². The minimum Gasteiger partial charge on any atom is -0.358 e. The summed E-state index contributed by atoms with van der Waals surface area (Å²) in [5, 5.41) is 13.6. The molecule has 126 valence electrons. The van der Waals surface area contributed by atoms with Crippen LogP contribution in [0.5, 0.6) is 0 Å². The average Bonchev–Trinajstić information content (AvgIpc) is 2.69. The van der Waals surface area contributed by atoms with Gasteiger partial charge < -0.3 is 21.2 Å². The molecular weight excluding hydrogens is 310 g/mol. The molecule has 1 atom stereocenters. The quantitative estimate of drug-likeness (QED) is 0.578. The topological polar surface area (TPSA) is 116 Å². The fourth-order valence-electron chi connectivity index (χ4n) is 2.36. The molecule has 0 saturated heterocycles. The number of aryl methyl sites for hydroxylation is 1. The van der Waals surface area contributed by atoms with E-state index in [0.29, 0.717) is 18.3 Å². The van der Waals surface area contributed by atoms with Crippen molar-refractivity contribution in [3.63, 3.8) is 0 Å². The highest BCUT2D eigenvalue weighted by Gasteiger charge is 2.26. The second-order valence-electron chi connectivity index (χ2n) is 5.94.